The van der Waals surface area contributed by atoms with Gasteiger partial charge in [-0.1, -0.05) is 12.1 Å². The molecule has 2 amide bonds. The minimum Gasteiger partial charge on any atom is -0.332 e. The molecule has 128 valence electrons. The third kappa shape index (κ3) is 3.34. The molecule has 2 atom stereocenters. The lowest BCUT2D eigenvalue weighted by molar-refractivity contribution is 0.233. The number of tetrazole rings is 1. The van der Waals surface area contributed by atoms with Crippen molar-refractivity contribution in [3.05, 3.63) is 41.2 Å². The SMILES string of the molecule is C[C@H](NC(=O)N[C@@H](C)c1nnnn1C1CC1)c1cccc(F)c1F. The highest BCUT2D eigenvalue weighted by molar-refractivity contribution is 5.74. The molecular formula is C15H18F2N6O. The Morgan fingerprint density at radius 1 is 1.25 bits per heavy atom. The highest BCUT2D eigenvalue weighted by atomic mass is 19.2. The van der Waals surface area contributed by atoms with Crippen molar-refractivity contribution in [1.29, 1.82) is 0 Å². The Morgan fingerprint density at radius 3 is 2.67 bits per heavy atom. The van der Waals surface area contributed by atoms with E-state index < -0.39 is 29.7 Å². The molecule has 24 heavy (non-hydrogen) atoms. The quantitative estimate of drug-likeness (QED) is 0.878. The van der Waals surface area contributed by atoms with Crippen LogP contribution in [0.5, 0.6) is 0 Å². The van der Waals surface area contributed by atoms with Crippen molar-refractivity contribution < 1.29 is 13.6 Å². The first kappa shape index (κ1) is 16.3. The van der Waals surface area contributed by atoms with Crippen molar-refractivity contribution in [3.63, 3.8) is 0 Å². The molecule has 0 aliphatic heterocycles. The molecule has 1 saturated carbocycles. The maximum atomic E-state index is 13.8. The summed E-state index contributed by atoms with van der Waals surface area (Å²) in [4.78, 5) is 12.1. The number of aromatic nitrogens is 4. The molecule has 0 unspecified atom stereocenters. The summed E-state index contributed by atoms with van der Waals surface area (Å²) in [7, 11) is 0. The Hall–Kier alpha value is -2.58. The van der Waals surface area contributed by atoms with Crippen LogP contribution in [0.15, 0.2) is 18.2 Å². The highest BCUT2D eigenvalue weighted by Crippen LogP contribution is 2.35. The Kier molecular flexibility index (Phi) is 4.41. The van der Waals surface area contributed by atoms with Crippen molar-refractivity contribution in [1.82, 2.24) is 30.8 Å². The molecule has 7 nitrogen and oxygen atoms in total. The van der Waals surface area contributed by atoms with Crippen LogP contribution < -0.4 is 10.6 Å². The molecule has 0 saturated heterocycles. The van der Waals surface area contributed by atoms with E-state index in [1.54, 1.807) is 18.5 Å². The Morgan fingerprint density at radius 2 is 1.96 bits per heavy atom. The van der Waals surface area contributed by atoms with E-state index in [0.717, 1.165) is 18.9 Å². The average Bonchev–Trinajstić information content (AvgIpc) is 3.26. The van der Waals surface area contributed by atoms with Gasteiger partial charge in [0.05, 0.1) is 18.1 Å². The molecule has 0 radical (unpaired) electrons. The van der Waals surface area contributed by atoms with Gasteiger partial charge in [0.15, 0.2) is 17.5 Å². The molecule has 3 rings (SSSR count). The van der Waals surface area contributed by atoms with Crippen LogP contribution >= 0.6 is 0 Å². The zero-order valence-electron chi connectivity index (χ0n) is 13.3. The van der Waals surface area contributed by atoms with Gasteiger partial charge in [-0.2, -0.15) is 0 Å². The van der Waals surface area contributed by atoms with Gasteiger partial charge in [0.25, 0.3) is 0 Å². The van der Waals surface area contributed by atoms with E-state index in [1.165, 1.54) is 12.1 Å². The van der Waals surface area contributed by atoms with Crippen LogP contribution in [0.2, 0.25) is 0 Å². The summed E-state index contributed by atoms with van der Waals surface area (Å²) < 4.78 is 28.7. The molecule has 1 aromatic heterocycles. The lowest BCUT2D eigenvalue weighted by atomic mass is 10.1. The van der Waals surface area contributed by atoms with E-state index in [-0.39, 0.29) is 5.56 Å². The lowest BCUT2D eigenvalue weighted by Crippen LogP contribution is -2.39. The summed E-state index contributed by atoms with van der Waals surface area (Å²) in [6.07, 6.45) is 2.04. The summed E-state index contributed by atoms with van der Waals surface area (Å²) in [5.74, 6) is -1.34. The van der Waals surface area contributed by atoms with E-state index in [9.17, 15) is 13.6 Å². The number of hydrogen-bond donors (Lipinski definition) is 2. The highest BCUT2D eigenvalue weighted by Gasteiger charge is 2.30. The van der Waals surface area contributed by atoms with Crippen LogP contribution in [-0.4, -0.2) is 26.2 Å². The number of carbonyl (C=O) groups excluding carboxylic acids is 1. The van der Waals surface area contributed by atoms with Gasteiger partial charge in [0, 0.05) is 5.56 Å². The van der Waals surface area contributed by atoms with E-state index in [2.05, 4.69) is 26.2 Å². The first-order chi connectivity index (χ1) is 11.5. The number of carbonyl (C=O) groups is 1. The average molecular weight is 336 g/mol. The van der Waals surface area contributed by atoms with Gasteiger partial charge in [-0.15, -0.1) is 5.10 Å². The van der Waals surface area contributed by atoms with Crippen molar-refractivity contribution in [2.24, 2.45) is 0 Å². The fourth-order valence-corrected chi connectivity index (χ4v) is 2.50. The number of urea groups is 1. The second-order valence-corrected chi connectivity index (χ2v) is 5.92. The number of nitrogens with one attached hydrogen (secondary N) is 2. The van der Waals surface area contributed by atoms with E-state index in [1.807, 2.05) is 0 Å². The van der Waals surface area contributed by atoms with Crippen LogP contribution in [0.4, 0.5) is 13.6 Å². The summed E-state index contributed by atoms with van der Waals surface area (Å²) in [5, 5.41) is 16.8. The molecule has 0 bridgehead atoms. The van der Waals surface area contributed by atoms with Crippen LogP contribution in [0.3, 0.4) is 0 Å². The summed E-state index contributed by atoms with van der Waals surface area (Å²) >= 11 is 0. The maximum absolute atomic E-state index is 13.8. The maximum Gasteiger partial charge on any atom is 0.315 e. The number of halogens is 2. The summed E-state index contributed by atoms with van der Waals surface area (Å²) in [6.45, 7) is 3.34. The molecule has 0 spiro atoms. The van der Waals surface area contributed by atoms with Crippen molar-refractivity contribution in [2.45, 2.75) is 44.8 Å². The van der Waals surface area contributed by atoms with E-state index in [4.69, 9.17) is 0 Å². The number of rotatable bonds is 5. The van der Waals surface area contributed by atoms with Gasteiger partial charge in [-0.05, 0) is 43.2 Å². The predicted octanol–water partition coefficient (Wildman–Crippen LogP) is 2.41. The minimum absolute atomic E-state index is 0.0839. The van der Waals surface area contributed by atoms with Crippen LogP contribution in [-0.2, 0) is 0 Å². The number of amides is 2. The van der Waals surface area contributed by atoms with Crippen molar-refractivity contribution in [3.8, 4) is 0 Å². The molecule has 1 heterocycles. The minimum atomic E-state index is -0.962. The molecule has 2 aromatic rings. The van der Waals surface area contributed by atoms with Gasteiger partial charge >= 0.3 is 6.03 Å². The van der Waals surface area contributed by atoms with Crippen LogP contribution in [0, 0.1) is 11.6 Å². The lowest BCUT2D eigenvalue weighted by Gasteiger charge is -2.18. The normalized spacial score (nSPS) is 16.5. The second kappa shape index (κ2) is 6.50. The van der Waals surface area contributed by atoms with Crippen molar-refractivity contribution >= 4 is 6.03 Å². The monoisotopic (exact) mass is 336 g/mol. The third-order valence-corrected chi connectivity index (χ3v) is 3.94. The Labute approximate surface area is 137 Å². The predicted molar refractivity (Wildman–Crippen MR) is 80.9 cm³/mol. The van der Waals surface area contributed by atoms with E-state index in [0.29, 0.717) is 11.9 Å². The molecule has 9 heteroatoms. The first-order valence-corrected chi connectivity index (χ1v) is 7.76. The first-order valence-electron chi connectivity index (χ1n) is 7.76. The van der Waals surface area contributed by atoms with Gasteiger partial charge in [-0.25, -0.2) is 18.3 Å². The number of benzene rings is 1. The molecule has 2 N–H and O–H groups in total. The number of nitrogens with zero attached hydrogens (tertiary/aromatic N) is 4. The fraction of sp³-hybridized carbons (Fsp3) is 0.467. The smallest absolute Gasteiger partial charge is 0.315 e. The Balaban J connectivity index is 1.62. The largest absolute Gasteiger partial charge is 0.332 e. The molecule has 1 fully saturated rings. The molecular weight excluding hydrogens is 318 g/mol. The van der Waals surface area contributed by atoms with E-state index >= 15 is 0 Å². The van der Waals surface area contributed by atoms with Gasteiger partial charge in [0.2, 0.25) is 0 Å². The second-order valence-electron chi connectivity index (χ2n) is 5.92. The van der Waals surface area contributed by atoms with Gasteiger partial charge in [-0.3, -0.25) is 0 Å². The number of hydrogen-bond acceptors (Lipinski definition) is 4. The van der Waals surface area contributed by atoms with Gasteiger partial charge in [0.1, 0.15) is 0 Å². The van der Waals surface area contributed by atoms with Crippen LogP contribution in [0.25, 0.3) is 0 Å². The topological polar surface area (TPSA) is 84.7 Å². The molecule has 1 aliphatic carbocycles. The zero-order chi connectivity index (χ0) is 17.3. The summed E-state index contributed by atoms with van der Waals surface area (Å²) in [5.41, 5.74) is 0.0839. The van der Waals surface area contributed by atoms with Crippen LogP contribution in [0.1, 0.15) is 56.2 Å². The fourth-order valence-electron chi connectivity index (χ4n) is 2.50. The third-order valence-electron chi connectivity index (χ3n) is 3.94. The van der Waals surface area contributed by atoms with Crippen molar-refractivity contribution in [2.75, 3.05) is 0 Å². The van der Waals surface area contributed by atoms with Gasteiger partial charge < -0.3 is 10.6 Å². The molecule has 1 aliphatic rings. The summed E-state index contributed by atoms with van der Waals surface area (Å²) in [6, 6.07) is 2.55. The Bertz CT molecular complexity index is 745. The molecule has 1 aromatic carbocycles. The standard InChI is InChI=1S/C15H18F2N6O/c1-8(11-4-3-5-12(16)13(11)17)18-15(24)19-9(2)14-20-21-22-23(14)10-6-7-10/h3-5,8-10H,6-7H2,1-2H3,(H2,18,19,24)/t8-,9-/m0/s1. The zero-order valence-corrected chi connectivity index (χ0v) is 13.3.